The van der Waals surface area contributed by atoms with Crippen LogP contribution in [0.1, 0.15) is 23.8 Å². The van der Waals surface area contributed by atoms with Crippen LogP contribution in [0.2, 0.25) is 0 Å². The molecule has 3 aliphatic rings. The molecule has 0 aliphatic carbocycles. The molecule has 0 radical (unpaired) electrons. The molecule has 3 amide bonds. The van der Waals surface area contributed by atoms with Crippen LogP contribution in [0.3, 0.4) is 0 Å². The Bertz CT molecular complexity index is 1100. The minimum absolute atomic E-state index is 0.336. The fraction of sp³-hybridized carbons (Fsp3) is 0.391. The van der Waals surface area contributed by atoms with Crippen LogP contribution < -0.4 is 10.2 Å². The first-order chi connectivity index (χ1) is 15.4. The van der Waals surface area contributed by atoms with Gasteiger partial charge in [0.25, 0.3) is 0 Å². The van der Waals surface area contributed by atoms with Crippen LogP contribution in [0.5, 0.6) is 0 Å². The van der Waals surface area contributed by atoms with E-state index in [1.807, 2.05) is 19.1 Å². The van der Waals surface area contributed by atoms with E-state index in [1.54, 1.807) is 29.2 Å². The van der Waals surface area contributed by atoms with Crippen LogP contribution in [0.25, 0.3) is 0 Å². The Morgan fingerprint density at radius 2 is 1.94 bits per heavy atom. The van der Waals surface area contributed by atoms with Crippen molar-refractivity contribution >= 4 is 29.4 Å². The van der Waals surface area contributed by atoms with Crippen molar-refractivity contribution in [2.75, 3.05) is 25.1 Å². The summed E-state index contributed by atoms with van der Waals surface area (Å²) in [6, 6.07) is 9.83. The van der Waals surface area contributed by atoms with Crippen molar-refractivity contribution in [1.29, 1.82) is 0 Å². The number of imide groups is 1. The zero-order chi connectivity index (χ0) is 22.6. The van der Waals surface area contributed by atoms with Gasteiger partial charge < -0.3 is 14.5 Å². The van der Waals surface area contributed by atoms with Crippen LogP contribution >= 0.6 is 0 Å². The number of hydrogen-bond donors (Lipinski definition) is 1. The van der Waals surface area contributed by atoms with Crippen molar-refractivity contribution in [1.82, 2.24) is 10.2 Å². The number of fused-ring (bicyclic) bond motifs is 3. The van der Waals surface area contributed by atoms with Gasteiger partial charge in [-0.05, 0) is 31.2 Å². The molecule has 5 rings (SSSR count). The second kappa shape index (κ2) is 7.30. The molecule has 0 bridgehead atoms. The predicted molar refractivity (Wildman–Crippen MR) is 111 cm³/mol. The number of nitrogens with one attached hydrogen (secondary N) is 1. The van der Waals surface area contributed by atoms with Gasteiger partial charge in [0.15, 0.2) is 0 Å². The van der Waals surface area contributed by atoms with Gasteiger partial charge >= 0.3 is 5.97 Å². The average Bonchev–Trinajstić information content (AvgIpc) is 3.46. The Kier molecular flexibility index (Phi) is 4.67. The number of aryl methyl sites for hydroxylation is 1. The van der Waals surface area contributed by atoms with Gasteiger partial charge in [-0.2, -0.15) is 0 Å². The zero-order valence-electron chi connectivity index (χ0n) is 17.7. The summed E-state index contributed by atoms with van der Waals surface area (Å²) < 4.78 is 10.5. The minimum Gasteiger partial charge on any atom is -0.469 e. The molecule has 4 atom stereocenters. The summed E-state index contributed by atoms with van der Waals surface area (Å²) in [4.78, 5) is 56.3. The number of nitrogens with zero attached hydrogens (tertiary/aromatic N) is 2. The lowest BCUT2D eigenvalue weighted by molar-refractivity contribution is -0.154. The monoisotopic (exact) mass is 437 g/mol. The molecule has 9 nitrogen and oxygen atoms in total. The number of carbonyl (C=O) groups excluding carboxylic acids is 4. The summed E-state index contributed by atoms with van der Waals surface area (Å²) in [5, 5.41) is 2.80. The number of rotatable bonds is 4. The lowest BCUT2D eigenvalue weighted by atomic mass is 9.76. The summed E-state index contributed by atoms with van der Waals surface area (Å²) >= 11 is 0. The van der Waals surface area contributed by atoms with Crippen LogP contribution in [0.4, 0.5) is 5.69 Å². The van der Waals surface area contributed by atoms with Crippen LogP contribution in [0, 0.1) is 18.8 Å². The average molecular weight is 437 g/mol. The third-order valence-electron chi connectivity index (χ3n) is 6.85. The van der Waals surface area contributed by atoms with Gasteiger partial charge in [0.05, 0.1) is 43.4 Å². The van der Waals surface area contributed by atoms with Gasteiger partial charge in [0, 0.05) is 13.1 Å². The molecule has 1 aromatic carbocycles. The van der Waals surface area contributed by atoms with Crippen molar-refractivity contribution in [2.24, 2.45) is 11.8 Å². The second-order valence-corrected chi connectivity index (χ2v) is 8.44. The highest BCUT2D eigenvalue weighted by atomic mass is 16.5. The van der Waals surface area contributed by atoms with E-state index < -0.39 is 47.1 Å². The van der Waals surface area contributed by atoms with Gasteiger partial charge in [0.1, 0.15) is 11.3 Å². The van der Waals surface area contributed by atoms with Crippen LogP contribution in [0.15, 0.2) is 47.1 Å². The van der Waals surface area contributed by atoms with E-state index in [4.69, 9.17) is 9.15 Å². The number of ether oxygens (including phenoxy) is 1. The number of hydrogen-bond acceptors (Lipinski definition) is 7. The quantitative estimate of drug-likeness (QED) is 0.565. The van der Waals surface area contributed by atoms with E-state index in [2.05, 4.69) is 5.32 Å². The zero-order valence-corrected chi connectivity index (χ0v) is 17.7. The van der Waals surface area contributed by atoms with Crippen molar-refractivity contribution in [3.8, 4) is 0 Å². The molecule has 9 heteroatoms. The molecular weight excluding hydrogens is 414 g/mol. The highest BCUT2D eigenvalue weighted by molar-refractivity contribution is 6.24. The second-order valence-electron chi connectivity index (χ2n) is 8.44. The molecule has 32 heavy (non-hydrogen) atoms. The third-order valence-corrected chi connectivity index (χ3v) is 6.85. The number of methoxy groups -OCH3 is 1. The van der Waals surface area contributed by atoms with E-state index in [-0.39, 0.29) is 6.42 Å². The largest absolute Gasteiger partial charge is 0.469 e. The van der Waals surface area contributed by atoms with E-state index in [0.29, 0.717) is 24.5 Å². The lowest BCUT2D eigenvalue weighted by Crippen LogP contribution is -2.67. The number of benzene rings is 1. The third kappa shape index (κ3) is 2.67. The van der Waals surface area contributed by atoms with Crippen LogP contribution in [-0.4, -0.2) is 54.3 Å². The topological polar surface area (TPSA) is 109 Å². The first-order valence-electron chi connectivity index (χ1n) is 10.5. The molecule has 1 N–H and O–H groups in total. The lowest BCUT2D eigenvalue weighted by Gasteiger charge is -2.44. The normalized spacial score (nSPS) is 29.6. The van der Waals surface area contributed by atoms with E-state index in [0.717, 1.165) is 10.5 Å². The van der Waals surface area contributed by atoms with Crippen molar-refractivity contribution in [3.63, 3.8) is 0 Å². The molecule has 3 fully saturated rings. The maximum Gasteiger partial charge on any atom is 0.307 e. The fourth-order valence-corrected chi connectivity index (χ4v) is 5.51. The summed E-state index contributed by atoms with van der Waals surface area (Å²) in [6.45, 7) is 2.61. The number of carbonyl (C=O) groups is 4. The Morgan fingerprint density at radius 3 is 2.59 bits per heavy atom. The first-order valence-corrected chi connectivity index (χ1v) is 10.5. The van der Waals surface area contributed by atoms with E-state index in [9.17, 15) is 19.2 Å². The standard InChI is InChI=1S/C23H23N3O6/c1-13-5-7-14(8-6-13)26-20(28)17-18(21(26)29)23(12-16(27)31-2)22(30)24-9-10-25(23)19(17)15-4-3-11-32-15/h3-8,11,17-19H,9-10,12H2,1-2H3,(H,24,30)/t17-,18-,19-,23+/m1/s1. The van der Waals surface area contributed by atoms with Crippen molar-refractivity contribution in [2.45, 2.75) is 24.9 Å². The molecule has 0 spiro atoms. The number of amides is 3. The Morgan fingerprint density at radius 1 is 1.19 bits per heavy atom. The maximum absolute atomic E-state index is 13.8. The fourth-order valence-electron chi connectivity index (χ4n) is 5.51. The molecule has 0 saturated carbocycles. The molecule has 3 saturated heterocycles. The maximum atomic E-state index is 13.8. The van der Waals surface area contributed by atoms with Gasteiger partial charge in [-0.25, -0.2) is 4.90 Å². The highest BCUT2D eigenvalue weighted by Gasteiger charge is 2.73. The SMILES string of the molecule is COC(=O)C[C@]12C(=O)NCCN1[C@H](c1ccco1)[C@@H]1C(=O)N(c3ccc(C)cc3)C(=O)[C@@H]12. The Hall–Kier alpha value is -3.46. The van der Waals surface area contributed by atoms with Gasteiger partial charge in [0.2, 0.25) is 17.7 Å². The van der Waals surface area contributed by atoms with Gasteiger partial charge in [-0.1, -0.05) is 17.7 Å². The smallest absolute Gasteiger partial charge is 0.307 e. The summed E-state index contributed by atoms with van der Waals surface area (Å²) in [6.07, 6.45) is 1.15. The number of anilines is 1. The number of furan rings is 1. The molecule has 3 aliphatic heterocycles. The Balaban J connectivity index is 1.69. The van der Waals surface area contributed by atoms with Gasteiger partial charge in [-0.3, -0.25) is 24.1 Å². The molecule has 2 aromatic rings. The first kappa shape index (κ1) is 20.4. The minimum atomic E-state index is -1.54. The van der Waals surface area contributed by atoms with Crippen molar-refractivity contribution < 1.29 is 28.3 Å². The summed E-state index contributed by atoms with van der Waals surface area (Å²) in [5.74, 6) is -3.42. The Labute approximate surface area is 184 Å². The van der Waals surface area contributed by atoms with Crippen molar-refractivity contribution in [3.05, 3.63) is 54.0 Å². The molecule has 166 valence electrons. The predicted octanol–water partition coefficient (Wildman–Crippen LogP) is 1.18. The summed E-state index contributed by atoms with van der Waals surface area (Å²) in [7, 11) is 1.24. The molecule has 0 unspecified atom stereocenters. The molecular formula is C23H23N3O6. The van der Waals surface area contributed by atoms with Crippen LogP contribution in [-0.2, 0) is 23.9 Å². The summed E-state index contributed by atoms with van der Waals surface area (Å²) in [5.41, 5.74) is -0.115. The highest BCUT2D eigenvalue weighted by Crippen LogP contribution is 2.57. The van der Waals surface area contributed by atoms with Gasteiger partial charge in [-0.15, -0.1) is 0 Å². The van der Waals surface area contributed by atoms with E-state index >= 15 is 0 Å². The molecule has 4 heterocycles. The number of piperazine rings is 1. The van der Waals surface area contributed by atoms with E-state index in [1.165, 1.54) is 13.4 Å². The molecule has 1 aromatic heterocycles. The number of esters is 1.